The van der Waals surface area contributed by atoms with E-state index in [0.29, 0.717) is 23.6 Å². The predicted octanol–water partition coefficient (Wildman–Crippen LogP) is 6.14. The molecule has 2 nitrogen and oxygen atoms in total. The number of rotatable bonds is 2. The van der Waals surface area contributed by atoms with Crippen LogP contribution >= 0.6 is 11.6 Å². The molecule has 1 aliphatic heterocycles. The molecular formula is C24H28ClNO. The Hall–Kier alpha value is -1.93. The Bertz CT molecular complexity index is 874. The third-order valence-electron chi connectivity index (χ3n) is 7.00. The minimum absolute atomic E-state index is 0.0700. The van der Waals surface area contributed by atoms with E-state index in [1.54, 1.807) is 0 Å². The number of aromatic hydroxyl groups is 1. The maximum Gasteiger partial charge on any atom is 0.119 e. The zero-order chi connectivity index (χ0) is 19.3. The normalized spacial score (nSPS) is 32.8. The molecule has 0 amide bonds. The van der Waals surface area contributed by atoms with Gasteiger partial charge in [0.2, 0.25) is 0 Å². The van der Waals surface area contributed by atoms with Crippen molar-refractivity contribution < 1.29 is 5.11 Å². The van der Waals surface area contributed by atoms with E-state index in [1.807, 2.05) is 25.1 Å². The highest BCUT2D eigenvalue weighted by Crippen LogP contribution is 2.61. The van der Waals surface area contributed by atoms with Gasteiger partial charge in [-0.05, 0) is 79.3 Å². The first-order valence-corrected chi connectivity index (χ1v) is 10.2. The van der Waals surface area contributed by atoms with Crippen molar-refractivity contribution in [1.29, 1.82) is 0 Å². The molecule has 0 radical (unpaired) electrons. The Labute approximate surface area is 167 Å². The predicted molar refractivity (Wildman–Crippen MR) is 112 cm³/mol. The van der Waals surface area contributed by atoms with Crippen molar-refractivity contribution in [2.75, 3.05) is 0 Å². The van der Waals surface area contributed by atoms with Gasteiger partial charge in [-0.2, -0.15) is 0 Å². The summed E-state index contributed by atoms with van der Waals surface area (Å²) in [6.07, 6.45) is 2.11. The van der Waals surface area contributed by atoms with Crippen molar-refractivity contribution in [3.8, 4) is 5.75 Å². The van der Waals surface area contributed by atoms with Gasteiger partial charge in [0.05, 0.1) is 0 Å². The van der Waals surface area contributed by atoms with Crippen LogP contribution in [0.2, 0.25) is 5.02 Å². The van der Waals surface area contributed by atoms with Crippen molar-refractivity contribution in [1.82, 2.24) is 5.32 Å². The average molecular weight is 382 g/mol. The first-order chi connectivity index (χ1) is 12.8. The molecule has 1 aliphatic carbocycles. The van der Waals surface area contributed by atoms with Gasteiger partial charge in [0.25, 0.3) is 0 Å². The minimum atomic E-state index is 0.0700. The van der Waals surface area contributed by atoms with Crippen molar-refractivity contribution in [3.63, 3.8) is 0 Å². The summed E-state index contributed by atoms with van der Waals surface area (Å²) in [4.78, 5) is 0. The summed E-state index contributed by atoms with van der Waals surface area (Å²) in [6.45, 7) is 11.0. The van der Waals surface area contributed by atoms with E-state index in [-0.39, 0.29) is 11.3 Å². The third kappa shape index (κ3) is 2.95. The summed E-state index contributed by atoms with van der Waals surface area (Å²) in [5.41, 5.74) is 4.67. The van der Waals surface area contributed by atoms with Crippen LogP contribution in [0, 0.1) is 18.3 Å². The highest BCUT2D eigenvalue weighted by Gasteiger charge is 2.55. The number of phenols is 1. The van der Waals surface area contributed by atoms with Gasteiger partial charge in [-0.15, -0.1) is 0 Å². The maximum atomic E-state index is 10.7. The molecule has 2 aliphatic rings. The summed E-state index contributed by atoms with van der Waals surface area (Å²) in [5, 5.41) is 15.1. The van der Waals surface area contributed by atoms with Crippen molar-refractivity contribution in [3.05, 3.63) is 76.5 Å². The van der Waals surface area contributed by atoms with Crippen molar-refractivity contribution in [2.24, 2.45) is 11.3 Å². The molecule has 1 saturated carbocycles. The Balaban J connectivity index is 1.85. The van der Waals surface area contributed by atoms with Gasteiger partial charge in [0.15, 0.2) is 0 Å². The van der Waals surface area contributed by atoms with Crippen molar-refractivity contribution >= 4 is 11.6 Å². The number of halogens is 1. The second kappa shape index (κ2) is 6.60. The standard InChI is InChI=1S/C24H28ClNO/c1-14-5-10-19(21(27)13-14)20-11-12-24(4)16(3)26-15(2)23(24)22(20)17-6-8-18(25)9-7-17/h5-10,13,15,20,22-23,26-27H,3,11-12H2,1-2,4H3. The quantitative estimate of drug-likeness (QED) is 0.654. The molecule has 27 heavy (non-hydrogen) atoms. The van der Waals surface area contributed by atoms with E-state index < -0.39 is 0 Å². The number of hydrogen-bond acceptors (Lipinski definition) is 2. The Morgan fingerprint density at radius 1 is 1.19 bits per heavy atom. The van der Waals surface area contributed by atoms with E-state index in [2.05, 4.69) is 50.0 Å². The third-order valence-corrected chi connectivity index (χ3v) is 7.25. The SMILES string of the molecule is C=C1NC(C)C2C(c3ccc(Cl)cc3)C(c3ccc(C)cc3O)CCC12C. The molecule has 2 aromatic carbocycles. The van der Waals surface area contributed by atoms with Crippen LogP contribution in [0.15, 0.2) is 54.7 Å². The number of aryl methyl sites for hydroxylation is 1. The summed E-state index contributed by atoms with van der Waals surface area (Å²) in [6, 6.07) is 14.7. The second-order valence-electron chi connectivity index (χ2n) is 8.64. The second-order valence-corrected chi connectivity index (χ2v) is 9.08. The molecule has 5 atom stereocenters. The van der Waals surface area contributed by atoms with Crippen LogP contribution in [0.4, 0.5) is 0 Å². The Morgan fingerprint density at radius 2 is 1.89 bits per heavy atom. The topological polar surface area (TPSA) is 32.3 Å². The summed E-state index contributed by atoms with van der Waals surface area (Å²) in [7, 11) is 0. The molecule has 2 fully saturated rings. The number of fused-ring (bicyclic) bond motifs is 1. The van der Waals surface area contributed by atoms with Crippen LogP contribution in [0.25, 0.3) is 0 Å². The fourth-order valence-corrected chi connectivity index (χ4v) is 5.76. The first-order valence-electron chi connectivity index (χ1n) is 9.82. The van der Waals surface area contributed by atoms with Gasteiger partial charge in [0, 0.05) is 22.2 Å². The molecule has 1 heterocycles. The van der Waals surface area contributed by atoms with Gasteiger partial charge in [0.1, 0.15) is 5.75 Å². The molecule has 4 rings (SSSR count). The Morgan fingerprint density at radius 3 is 2.56 bits per heavy atom. The lowest BCUT2D eigenvalue weighted by Gasteiger charge is -2.47. The van der Waals surface area contributed by atoms with Gasteiger partial charge in [-0.1, -0.05) is 49.4 Å². The lowest BCUT2D eigenvalue weighted by Crippen LogP contribution is -2.40. The molecule has 3 heteroatoms. The van der Waals surface area contributed by atoms with Gasteiger partial charge >= 0.3 is 0 Å². The summed E-state index contributed by atoms with van der Waals surface area (Å²) >= 11 is 6.17. The van der Waals surface area contributed by atoms with E-state index >= 15 is 0 Å². The van der Waals surface area contributed by atoms with E-state index in [1.165, 1.54) is 5.56 Å². The average Bonchev–Trinajstić information content (AvgIpc) is 2.85. The molecule has 0 spiro atoms. The molecule has 0 aromatic heterocycles. The smallest absolute Gasteiger partial charge is 0.119 e. The fraction of sp³-hybridized carbons (Fsp3) is 0.417. The molecule has 5 unspecified atom stereocenters. The molecule has 1 saturated heterocycles. The lowest BCUT2D eigenvalue weighted by molar-refractivity contribution is 0.128. The van der Waals surface area contributed by atoms with Crippen LogP contribution in [0.1, 0.15) is 55.2 Å². The van der Waals surface area contributed by atoms with E-state index in [4.69, 9.17) is 11.6 Å². The Kier molecular flexibility index (Phi) is 4.50. The van der Waals surface area contributed by atoms with Crippen LogP contribution in [-0.4, -0.2) is 11.1 Å². The molecule has 2 aromatic rings. The first kappa shape index (κ1) is 18.4. The van der Waals surface area contributed by atoms with Crippen LogP contribution < -0.4 is 5.32 Å². The molecule has 0 bridgehead atoms. The highest BCUT2D eigenvalue weighted by atomic mass is 35.5. The summed E-state index contributed by atoms with van der Waals surface area (Å²) in [5.74, 6) is 1.42. The van der Waals surface area contributed by atoms with E-state index in [9.17, 15) is 5.11 Å². The van der Waals surface area contributed by atoms with Crippen LogP contribution in [0.5, 0.6) is 5.75 Å². The molecule has 2 N–H and O–H groups in total. The minimum Gasteiger partial charge on any atom is -0.508 e. The van der Waals surface area contributed by atoms with E-state index in [0.717, 1.165) is 34.7 Å². The highest BCUT2D eigenvalue weighted by molar-refractivity contribution is 6.30. The van der Waals surface area contributed by atoms with Crippen LogP contribution in [-0.2, 0) is 0 Å². The summed E-state index contributed by atoms with van der Waals surface area (Å²) < 4.78 is 0. The lowest BCUT2D eigenvalue weighted by atomic mass is 9.55. The molecular weight excluding hydrogens is 354 g/mol. The van der Waals surface area contributed by atoms with Crippen molar-refractivity contribution in [2.45, 2.75) is 51.5 Å². The monoisotopic (exact) mass is 381 g/mol. The number of benzene rings is 2. The number of phenolic OH excluding ortho intramolecular Hbond substituents is 1. The zero-order valence-electron chi connectivity index (χ0n) is 16.3. The fourth-order valence-electron chi connectivity index (χ4n) is 5.63. The maximum absolute atomic E-state index is 10.7. The zero-order valence-corrected chi connectivity index (χ0v) is 17.1. The van der Waals surface area contributed by atoms with Crippen LogP contribution in [0.3, 0.4) is 0 Å². The number of hydrogen-bond donors (Lipinski definition) is 2. The van der Waals surface area contributed by atoms with Gasteiger partial charge < -0.3 is 10.4 Å². The largest absolute Gasteiger partial charge is 0.508 e. The van der Waals surface area contributed by atoms with Gasteiger partial charge in [-0.25, -0.2) is 0 Å². The number of nitrogens with one attached hydrogen (secondary N) is 1. The molecule has 142 valence electrons. The number of allylic oxidation sites excluding steroid dienone is 1. The van der Waals surface area contributed by atoms with Gasteiger partial charge in [-0.3, -0.25) is 0 Å².